The summed E-state index contributed by atoms with van der Waals surface area (Å²) in [6, 6.07) is 5.36. The van der Waals surface area contributed by atoms with E-state index in [1.165, 1.54) is 11.8 Å². The van der Waals surface area contributed by atoms with Gasteiger partial charge in [-0.1, -0.05) is 6.07 Å². The Bertz CT molecular complexity index is 520. The number of carboxylic acid groups (broad SMARTS) is 1. The normalized spacial score (nSPS) is 13.4. The molecule has 6 nitrogen and oxygen atoms in total. The lowest BCUT2D eigenvalue weighted by Gasteiger charge is -2.24. The van der Waals surface area contributed by atoms with Crippen molar-refractivity contribution in [3.63, 3.8) is 0 Å². The van der Waals surface area contributed by atoms with Gasteiger partial charge in [0.25, 0.3) is 0 Å². The second-order valence-electron chi connectivity index (χ2n) is 5.63. The number of hydrogen-bond acceptors (Lipinski definition) is 3. The summed E-state index contributed by atoms with van der Waals surface area (Å²) >= 11 is 0. The summed E-state index contributed by atoms with van der Waals surface area (Å²) in [5.41, 5.74) is 1.35. The van der Waals surface area contributed by atoms with E-state index in [4.69, 9.17) is 5.11 Å². The smallest absolute Gasteiger partial charge is 0.321 e. The van der Waals surface area contributed by atoms with Crippen LogP contribution in [0.4, 0.5) is 10.5 Å². The number of anilines is 1. The average Bonchev–Trinajstić information content (AvgIpc) is 2.32. The van der Waals surface area contributed by atoms with Gasteiger partial charge in [0.05, 0.1) is 12.0 Å². The Labute approximate surface area is 124 Å². The number of urea groups is 1. The summed E-state index contributed by atoms with van der Waals surface area (Å²) < 4.78 is 0. The minimum absolute atomic E-state index is 0.132. The molecule has 2 amide bonds. The molecule has 6 heteroatoms. The zero-order valence-electron chi connectivity index (χ0n) is 12.8. The Morgan fingerprint density at radius 2 is 1.76 bits per heavy atom. The maximum absolute atomic E-state index is 12.1. The summed E-state index contributed by atoms with van der Waals surface area (Å²) in [5.74, 6) is -1.11. The van der Waals surface area contributed by atoms with E-state index in [1.54, 1.807) is 7.05 Å². The standard InChI is InChI=1S/C15H22N2O4/c1-10-5-11(2)7-12(6-10)17(4)14(20)16-9-15(3,21)8-13(18)19/h5-7,21H,8-9H2,1-4H3,(H,16,20)(H,18,19). The molecular formula is C15H22N2O4. The third kappa shape index (κ3) is 5.43. The van der Waals surface area contributed by atoms with Crippen molar-refractivity contribution in [1.82, 2.24) is 5.32 Å². The molecular weight excluding hydrogens is 272 g/mol. The van der Waals surface area contributed by atoms with Crippen molar-refractivity contribution >= 4 is 17.7 Å². The van der Waals surface area contributed by atoms with Crippen molar-refractivity contribution in [3.05, 3.63) is 29.3 Å². The number of nitrogens with zero attached hydrogens (tertiary/aromatic N) is 1. The van der Waals surface area contributed by atoms with Crippen molar-refractivity contribution in [3.8, 4) is 0 Å². The molecule has 0 aliphatic carbocycles. The Balaban J connectivity index is 2.69. The monoisotopic (exact) mass is 294 g/mol. The van der Waals surface area contributed by atoms with E-state index in [0.29, 0.717) is 0 Å². The number of aryl methyl sites for hydroxylation is 2. The molecule has 0 saturated heterocycles. The van der Waals surface area contributed by atoms with Crippen molar-refractivity contribution < 1.29 is 19.8 Å². The number of benzene rings is 1. The van der Waals surface area contributed by atoms with Gasteiger partial charge in [0.1, 0.15) is 0 Å². The van der Waals surface area contributed by atoms with Gasteiger partial charge >= 0.3 is 12.0 Å². The number of hydrogen-bond donors (Lipinski definition) is 3. The minimum atomic E-state index is -1.48. The van der Waals surface area contributed by atoms with E-state index in [0.717, 1.165) is 16.8 Å². The second-order valence-corrected chi connectivity index (χ2v) is 5.63. The minimum Gasteiger partial charge on any atom is -0.481 e. The summed E-state index contributed by atoms with van der Waals surface area (Å²) in [7, 11) is 1.62. The van der Waals surface area contributed by atoms with Crippen LogP contribution < -0.4 is 10.2 Å². The van der Waals surface area contributed by atoms with Crippen LogP contribution in [0, 0.1) is 13.8 Å². The van der Waals surface area contributed by atoms with E-state index >= 15 is 0 Å². The molecule has 0 spiro atoms. The number of amides is 2. The van der Waals surface area contributed by atoms with Gasteiger partial charge < -0.3 is 15.5 Å². The number of aliphatic carboxylic acids is 1. The van der Waals surface area contributed by atoms with E-state index < -0.39 is 24.0 Å². The first kappa shape index (κ1) is 17.0. The molecule has 1 aromatic carbocycles. The lowest BCUT2D eigenvalue weighted by atomic mass is 10.0. The van der Waals surface area contributed by atoms with Crippen LogP contribution in [0.25, 0.3) is 0 Å². The number of carbonyl (C=O) groups is 2. The number of carboxylic acids is 1. The van der Waals surface area contributed by atoms with Crippen LogP contribution in [0.15, 0.2) is 18.2 Å². The van der Waals surface area contributed by atoms with Gasteiger partial charge in [0, 0.05) is 19.3 Å². The molecule has 21 heavy (non-hydrogen) atoms. The van der Waals surface area contributed by atoms with Crippen molar-refractivity contribution in [1.29, 1.82) is 0 Å². The highest BCUT2D eigenvalue weighted by Crippen LogP contribution is 2.17. The van der Waals surface area contributed by atoms with Gasteiger partial charge in [-0.2, -0.15) is 0 Å². The summed E-state index contributed by atoms with van der Waals surface area (Å²) in [5, 5.41) is 21.1. The predicted octanol–water partition coefficient (Wildman–Crippen LogP) is 1.67. The van der Waals surface area contributed by atoms with Crippen LogP contribution in [-0.2, 0) is 4.79 Å². The lowest BCUT2D eigenvalue weighted by molar-refractivity contribution is -0.141. The first-order valence-corrected chi connectivity index (χ1v) is 6.65. The highest BCUT2D eigenvalue weighted by Gasteiger charge is 2.25. The average molecular weight is 294 g/mol. The molecule has 0 aliphatic heterocycles. The highest BCUT2D eigenvalue weighted by atomic mass is 16.4. The van der Waals surface area contributed by atoms with Gasteiger partial charge in [-0.15, -0.1) is 0 Å². The molecule has 0 heterocycles. The quantitative estimate of drug-likeness (QED) is 0.770. The van der Waals surface area contributed by atoms with Crippen molar-refractivity contribution in [2.45, 2.75) is 32.8 Å². The Morgan fingerprint density at radius 3 is 2.24 bits per heavy atom. The summed E-state index contributed by atoms with van der Waals surface area (Å²) in [6.45, 7) is 5.13. The van der Waals surface area contributed by atoms with E-state index in [1.807, 2.05) is 32.0 Å². The van der Waals surface area contributed by atoms with Gasteiger partial charge in [-0.25, -0.2) is 4.79 Å². The zero-order chi connectivity index (χ0) is 16.2. The van der Waals surface area contributed by atoms with E-state index in [-0.39, 0.29) is 6.54 Å². The Kier molecular flexibility index (Phi) is 5.32. The molecule has 0 aromatic heterocycles. The molecule has 1 unspecified atom stereocenters. The van der Waals surface area contributed by atoms with Crippen LogP contribution in [0.5, 0.6) is 0 Å². The SMILES string of the molecule is Cc1cc(C)cc(N(C)C(=O)NCC(C)(O)CC(=O)O)c1. The first-order chi connectivity index (χ1) is 9.60. The molecule has 1 atom stereocenters. The lowest BCUT2D eigenvalue weighted by Crippen LogP contribution is -2.46. The van der Waals surface area contributed by atoms with Crippen LogP contribution in [0.2, 0.25) is 0 Å². The first-order valence-electron chi connectivity index (χ1n) is 6.65. The molecule has 1 aromatic rings. The molecule has 0 fully saturated rings. The van der Waals surface area contributed by atoms with E-state index in [9.17, 15) is 14.7 Å². The molecule has 0 radical (unpaired) electrons. The van der Waals surface area contributed by atoms with Crippen LogP contribution >= 0.6 is 0 Å². The number of nitrogens with one attached hydrogen (secondary N) is 1. The van der Waals surface area contributed by atoms with Gasteiger partial charge in [-0.05, 0) is 44.0 Å². The van der Waals surface area contributed by atoms with Crippen molar-refractivity contribution in [2.24, 2.45) is 0 Å². The molecule has 0 aliphatic rings. The topological polar surface area (TPSA) is 89.9 Å². The number of aliphatic hydroxyl groups is 1. The summed E-state index contributed by atoms with van der Waals surface area (Å²) in [6.07, 6.45) is -0.430. The second kappa shape index (κ2) is 6.58. The highest BCUT2D eigenvalue weighted by molar-refractivity contribution is 5.91. The molecule has 116 valence electrons. The number of rotatable bonds is 5. The maximum atomic E-state index is 12.1. The molecule has 1 rings (SSSR count). The fourth-order valence-electron chi connectivity index (χ4n) is 2.03. The van der Waals surface area contributed by atoms with Gasteiger partial charge in [0.15, 0.2) is 0 Å². The van der Waals surface area contributed by atoms with Crippen LogP contribution in [0.1, 0.15) is 24.5 Å². The molecule has 3 N–H and O–H groups in total. The molecule has 0 saturated carbocycles. The fourth-order valence-corrected chi connectivity index (χ4v) is 2.03. The van der Waals surface area contributed by atoms with Crippen molar-refractivity contribution in [2.75, 3.05) is 18.5 Å². The predicted molar refractivity (Wildman–Crippen MR) is 80.6 cm³/mol. The third-order valence-corrected chi connectivity index (χ3v) is 3.05. The fraction of sp³-hybridized carbons (Fsp3) is 0.467. The largest absolute Gasteiger partial charge is 0.481 e. The van der Waals surface area contributed by atoms with Gasteiger partial charge in [0.2, 0.25) is 0 Å². The van der Waals surface area contributed by atoms with E-state index in [2.05, 4.69) is 5.32 Å². The van der Waals surface area contributed by atoms with Crippen LogP contribution in [0.3, 0.4) is 0 Å². The molecule has 0 bridgehead atoms. The number of carbonyl (C=O) groups excluding carboxylic acids is 1. The van der Waals surface area contributed by atoms with Crippen LogP contribution in [-0.4, -0.2) is 41.4 Å². The maximum Gasteiger partial charge on any atom is 0.321 e. The van der Waals surface area contributed by atoms with Gasteiger partial charge in [-0.3, -0.25) is 9.69 Å². The Hall–Kier alpha value is -2.08. The summed E-state index contributed by atoms with van der Waals surface area (Å²) in [4.78, 5) is 24.1. The zero-order valence-corrected chi connectivity index (χ0v) is 12.8. The third-order valence-electron chi connectivity index (χ3n) is 3.05. The Morgan fingerprint density at radius 1 is 1.24 bits per heavy atom.